The van der Waals surface area contributed by atoms with E-state index in [0.717, 1.165) is 5.69 Å². The Bertz CT molecular complexity index is 1870. The highest BCUT2D eigenvalue weighted by molar-refractivity contribution is 6.35. The molecule has 46 heavy (non-hydrogen) atoms. The number of rotatable bonds is 11. The van der Waals surface area contributed by atoms with E-state index in [1.807, 2.05) is 49.1 Å². The molecule has 236 valence electrons. The first-order valence-corrected chi connectivity index (χ1v) is 14.9. The summed E-state index contributed by atoms with van der Waals surface area (Å²) in [4.78, 5) is 52.8. The van der Waals surface area contributed by atoms with Crippen molar-refractivity contribution in [3.63, 3.8) is 0 Å². The molecule has 0 bridgehead atoms. The third-order valence-corrected chi connectivity index (χ3v) is 8.14. The fourth-order valence-electron chi connectivity index (χ4n) is 5.92. The van der Waals surface area contributed by atoms with Crippen molar-refractivity contribution in [3.8, 4) is 0 Å². The zero-order valence-electron chi connectivity index (χ0n) is 26.0. The summed E-state index contributed by atoms with van der Waals surface area (Å²) in [5, 5.41) is 19.1. The lowest BCUT2D eigenvalue weighted by molar-refractivity contribution is -0.126. The van der Waals surface area contributed by atoms with Gasteiger partial charge in [-0.05, 0) is 81.0 Å². The number of carbonyl (C=O) groups is 4. The van der Waals surface area contributed by atoms with Crippen LogP contribution in [0.2, 0.25) is 0 Å². The van der Waals surface area contributed by atoms with Crippen molar-refractivity contribution in [3.05, 3.63) is 106 Å². The van der Waals surface area contributed by atoms with Gasteiger partial charge in [-0.2, -0.15) is 0 Å². The third kappa shape index (κ3) is 6.13. The van der Waals surface area contributed by atoms with Gasteiger partial charge in [0.2, 0.25) is 0 Å². The van der Waals surface area contributed by atoms with Crippen molar-refractivity contribution in [2.24, 2.45) is 5.73 Å². The van der Waals surface area contributed by atoms with E-state index < -0.39 is 18.0 Å². The van der Waals surface area contributed by atoms with Gasteiger partial charge in [0.25, 0.3) is 17.7 Å². The molecule has 1 unspecified atom stereocenters. The van der Waals surface area contributed by atoms with Gasteiger partial charge in [0.15, 0.2) is 6.17 Å². The fourth-order valence-corrected chi connectivity index (χ4v) is 5.92. The Balaban J connectivity index is 1.47. The number of amides is 3. The van der Waals surface area contributed by atoms with Crippen molar-refractivity contribution >= 4 is 58.1 Å². The third-order valence-electron chi connectivity index (χ3n) is 8.14. The summed E-state index contributed by atoms with van der Waals surface area (Å²) in [6, 6.07) is 21.6. The van der Waals surface area contributed by atoms with Crippen LogP contribution in [0.15, 0.2) is 72.8 Å². The zero-order chi connectivity index (χ0) is 33.1. The molecule has 0 radical (unpaired) electrons. The molecule has 11 heteroatoms. The first kappa shape index (κ1) is 31.7. The number of primary amides is 1. The number of carbonyl (C=O) groups excluding carboxylic acids is 3. The molecule has 1 aromatic heterocycles. The summed E-state index contributed by atoms with van der Waals surface area (Å²) in [7, 11) is 0. The van der Waals surface area contributed by atoms with Crippen LogP contribution in [0.1, 0.15) is 63.2 Å². The number of likely N-dealkylation sites (N-methyl/N-ethyl adjacent to an activating group) is 1. The van der Waals surface area contributed by atoms with Crippen LogP contribution >= 0.6 is 0 Å². The smallest absolute Gasteiger partial charge is 0.337 e. The number of carboxylic acid groups (broad SMARTS) is 1. The Morgan fingerprint density at radius 2 is 1.63 bits per heavy atom. The van der Waals surface area contributed by atoms with Crippen LogP contribution in [0, 0.1) is 13.8 Å². The van der Waals surface area contributed by atoms with Crippen LogP contribution < -0.4 is 21.7 Å². The largest absolute Gasteiger partial charge is 0.478 e. The average Bonchev–Trinajstić information content (AvgIpc) is 3.46. The molecule has 1 aliphatic rings. The lowest BCUT2D eigenvalue weighted by atomic mass is 10.0. The van der Waals surface area contributed by atoms with Gasteiger partial charge in [-0.1, -0.05) is 44.2 Å². The highest BCUT2D eigenvalue weighted by Crippen LogP contribution is 2.38. The predicted octanol–water partition coefficient (Wildman–Crippen LogP) is 5.62. The van der Waals surface area contributed by atoms with E-state index in [9.17, 15) is 24.3 Å². The van der Waals surface area contributed by atoms with Crippen LogP contribution in [0.5, 0.6) is 0 Å². The molecular formula is C35H36N6O5. The Morgan fingerprint density at radius 1 is 0.957 bits per heavy atom. The first-order valence-electron chi connectivity index (χ1n) is 14.9. The molecule has 5 rings (SSSR count). The summed E-state index contributed by atoms with van der Waals surface area (Å²) < 4.78 is 1.62. The van der Waals surface area contributed by atoms with Crippen molar-refractivity contribution in [1.29, 1.82) is 0 Å². The van der Waals surface area contributed by atoms with E-state index in [1.54, 1.807) is 67.0 Å². The minimum absolute atomic E-state index is 0.0608. The lowest BCUT2D eigenvalue weighted by Crippen LogP contribution is -2.42. The summed E-state index contributed by atoms with van der Waals surface area (Å²) in [5.74, 6) is -2.34. The predicted molar refractivity (Wildman–Crippen MR) is 179 cm³/mol. The molecular weight excluding hydrogens is 584 g/mol. The van der Waals surface area contributed by atoms with Crippen molar-refractivity contribution in [2.45, 2.75) is 33.9 Å². The van der Waals surface area contributed by atoms with E-state index >= 15 is 0 Å². The maximum Gasteiger partial charge on any atom is 0.337 e. The van der Waals surface area contributed by atoms with Crippen LogP contribution in [0.3, 0.4) is 0 Å². The quantitative estimate of drug-likeness (QED) is 0.136. The van der Waals surface area contributed by atoms with Crippen LogP contribution in [-0.2, 0) is 9.59 Å². The zero-order valence-corrected chi connectivity index (χ0v) is 26.0. The number of hydrogen-bond donors (Lipinski definition) is 5. The molecule has 2 heterocycles. The maximum absolute atomic E-state index is 13.3. The van der Waals surface area contributed by atoms with Gasteiger partial charge in [-0.15, -0.1) is 0 Å². The molecule has 1 atom stereocenters. The molecule has 6 N–H and O–H groups in total. The topological polar surface area (TPSA) is 159 Å². The Labute approximate surface area is 266 Å². The molecule has 0 saturated carbocycles. The number of nitrogens with zero attached hydrogens (tertiary/aromatic N) is 2. The minimum Gasteiger partial charge on any atom is -0.478 e. The monoisotopic (exact) mass is 620 g/mol. The SMILES string of the molecule is CCN(CC)C(C(N)=O)n1c(C)c(C(=O)O)c(C)c1C=C1C(=O)Nc2cc(Nc3cccc(NC(=O)c4ccccc4)c3)ccc21. The number of fused-ring (bicyclic) bond motifs is 1. The second kappa shape index (κ2) is 13.1. The molecule has 3 aromatic carbocycles. The first-order chi connectivity index (χ1) is 22.0. The van der Waals surface area contributed by atoms with E-state index in [4.69, 9.17) is 5.73 Å². The van der Waals surface area contributed by atoms with Crippen molar-refractivity contribution < 1.29 is 24.3 Å². The second-order valence-electron chi connectivity index (χ2n) is 10.9. The number of carboxylic acids is 1. The summed E-state index contributed by atoms with van der Waals surface area (Å²) in [5.41, 5.74) is 11.3. The molecule has 3 amide bonds. The standard InChI is InChI=1S/C35H36N6O5/c1-5-40(6-2)34(31(36)42)41-21(4)30(35(45)46)20(3)29(41)19-27-26-16-15-25(18-28(26)39-33(27)44)37-23-13-10-14-24(17-23)38-32(43)22-11-8-7-9-12-22/h7-19,34,37H,5-6H2,1-4H3,(H2,36,42)(H,38,43)(H,39,44)(H,45,46). The highest BCUT2D eigenvalue weighted by atomic mass is 16.4. The molecule has 0 fully saturated rings. The number of anilines is 4. The van der Waals surface area contributed by atoms with Gasteiger partial charge < -0.3 is 31.4 Å². The van der Waals surface area contributed by atoms with Gasteiger partial charge in [0.05, 0.1) is 16.8 Å². The summed E-state index contributed by atoms with van der Waals surface area (Å²) in [6.07, 6.45) is 0.680. The van der Waals surface area contributed by atoms with Crippen molar-refractivity contribution in [1.82, 2.24) is 9.47 Å². The van der Waals surface area contributed by atoms with Gasteiger partial charge in [0.1, 0.15) is 0 Å². The number of aromatic nitrogens is 1. The highest BCUT2D eigenvalue weighted by Gasteiger charge is 2.33. The number of aromatic carboxylic acids is 1. The van der Waals surface area contributed by atoms with E-state index in [0.29, 0.717) is 63.8 Å². The minimum atomic E-state index is -1.13. The van der Waals surface area contributed by atoms with Crippen LogP contribution in [0.4, 0.5) is 22.7 Å². The number of nitrogens with two attached hydrogens (primary N) is 1. The second-order valence-corrected chi connectivity index (χ2v) is 10.9. The molecule has 0 saturated heterocycles. The molecule has 0 spiro atoms. The Hall–Kier alpha value is -5.68. The van der Waals surface area contributed by atoms with E-state index in [2.05, 4.69) is 16.0 Å². The van der Waals surface area contributed by atoms with E-state index in [1.165, 1.54) is 0 Å². The van der Waals surface area contributed by atoms with Gasteiger partial charge in [-0.25, -0.2) is 4.79 Å². The average molecular weight is 621 g/mol. The van der Waals surface area contributed by atoms with Gasteiger partial charge in [-0.3, -0.25) is 19.3 Å². The Kier molecular flexibility index (Phi) is 9.06. The summed E-state index contributed by atoms with van der Waals surface area (Å²) in [6.45, 7) is 8.09. The number of hydrogen-bond acceptors (Lipinski definition) is 6. The Morgan fingerprint density at radius 3 is 2.28 bits per heavy atom. The lowest BCUT2D eigenvalue weighted by Gasteiger charge is -2.30. The van der Waals surface area contributed by atoms with Gasteiger partial charge in [0, 0.05) is 39.6 Å². The maximum atomic E-state index is 13.3. The molecule has 1 aliphatic heterocycles. The molecule has 11 nitrogen and oxygen atoms in total. The normalized spacial score (nSPS) is 13.8. The van der Waals surface area contributed by atoms with Gasteiger partial charge >= 0.3 is 5.97 Å². The van der Waals surface area contributed by atoms with Crippen LogP contribution in [0.25, 0.3) is 11.6 Å². The van der Waals surface area contributed by atoms with E-state index in [-0.39, 0.29) is 17.4 Å². The number of nitrogens with one attached hydrogen (secondary N) is 3. The summed E-state index contributed by atoms with van der Waals surface area (Å²) >= 11 is 0. The van der Waals surface area contributed by atoms with Crippen molar-refractivity contribution in [2.75, 3.05) is 29.0 Å². The molecule has 4 aromatic rings. The fraction of sp³-hybridized carbons (Fsp3) is 0.200. The van der Waals surface area contributed by atoms with Crippen LogP contribution in [-0.4, -0.2) is 51.4 Å². The number of benzene rings is 3. The molecule has 0 aliphatic carbocycles.